The second kappa shape index (κ2) is 6.36. The molecule has 1 atom stereocenters. The van der Waals surface area contributed by atoms with Gasteiger partial charge < -0.3 is 19.7 Å². The Morgan fingerprint density at radius 2 is 2.32 bits per heavy atom. The van der Waals surface area contributed by atoms with Crippen LogP contribution in [0.2, 0.25) is 0 Å². The summed E-state index contributed by atoms with van der Waals surface area (Å²) in [6, 6.07) is 5.36. The maximum atomic E-state index is 12.1. The monoisotopic (exact) mass is 304 g/mol. The van der Waals surface area contributed by atoms with E-state index in [-0.39, 0.29) is 24.5 Å². The molecule has 22 heavy (non-hydrogen) atoms. The molecule has 0 spiro atoms. The number of ether oxygens (including phenoxy) is 2. The number of benzene rings is 1. The van der Waals surface area contributed by atoms with Crippen molar-refractivity contribution in [2.75, 3.05) is 30.0 Å². The zero-order chi connectivity index (χ0) is 15.5. The van der Waals surface area contributed by atoms with E-state index in [1.807, 2.05) is 13.0 Å². The Balaban J connectivity index is 1.76. The molecule has 0 bridgehead atoms. The number of hydrogen-bond acceptors (Lipinski definition) is 4. The molecule has 0 aromatic heterocycles. The van der Waals surface area contributed by atoms with Crippen molar-refractivity contribution in [2.45, 2.75) is 32.3 Å². The van der Waals surface area contributed by atoms with E-state index in [1.54, 1.807) is 17.0 Å². The zero-order valence-electron chi connectivity index (χ0n) is 12.6. The summed E-state index contributed by atoms with van der Waals surface area (Å²) in [5.74, 6) is 0.457. The fraction of sp³-hybridized carbons (Fsp3) is 0.500. The van der Waals surface area contributed by atoms with Crippen molar-refractivity contribution in [1.29, 1.82) is 0 Å². The van der Waals surface area contributed by atoms with Crippen molar-refractivity contribution in [1.82, 2.24) is 0 Å². The van der Waals surface area contributed by atoms with Gasteiger partial charge in [-0.15, -0.1) is 0 Å². The second-order valence-electron chi connectivity index (χ2n) is 5.51. The minimum absolute atomic E-state index is 0.0366. The van der Waals surface area contributed by atoms with Crippen LogP contribution < -0.4 is 15.0 Å². The van der Waals surface area contributed by atoms with Crippen molar-refractivity contribution in [3.05, 3.63) is 18.2 Å². The first-order valence-electron chi connectivity index (χ1n) is 7.68. The SMILES string of the molecule is CCCN1C(=O)COc2cc(NC(=O)C3CCCO3)ccc21. The number of nitrogens with zero attached hydrogens (tertiary/aromatic N) is 1. The molecule has 1 saturated heterocycles. The fourth-order valence-electron chi connectivity index (χ4n) is 2.76. The fourth-order valence-corrected chi connectivity index (χ4v) is 2.76. The highest BCUT2D eigenvalue weighted by molar-refractivity contribution is 5.99. The molecule has 1 aromatic carbocycles. The third-order valence-corrected chi connectivity index (χ3v) is 3.84. The van der Waals surface area contributed by atoms with Crippen molar-refractivity contribution in [3.63, 3.8) is 0 Å². The second-order valence-corrected chi connectivity index (χ2v) is 5.51. The Morgan fingerprint density at radius 3 is 3.05 bits per heavy atom. The molecular formula is C16H20N2O4. The molecule has 1 fully saturated rings. The van der Waals surface area contributed by atoms with Gasteiger partial charge in [-0.25, -0.2) is 0 Å². The lowest BCUT2D eigenvalue weighted by Crippen LogP contribution is -2.39. The number of nitrogens with one attached hydrogen (secondary N) is 1. The molecule has 2 heterocycles. The van der Waals surface area contributed by atoms with E-state index in [0.29, 0.717) is 24.6 Å². The van der Waals surface area contributed by atoms with Crippen LogP contribution in [0.4, 0.5) is 11.4 Å². The number of amides is 2. The molecule has 0 saturated carbocycles. The van der Waals surface area contributed by atoms with Crippen molar-refractivity contribution in [2.24, 2.45) is 0 Å². The summed E-state index contributed by atoms with van der Waals surface area (Å²) in [6.07, 6.45) is 2.18. The molecule has 1 unspecified atom stereocenters. The van der Waals surface area contributed by atoms with Gasteiger partial charge in [0.05, 0.1) is 5.69 Å². The van der Waals surface area contributed by atoms with Crippen LogP contribution in [0.5, 0.6) is 5.75 Å². The van der Waals surface area contributed by atoms with Gasteiger partial charge in [0.2, 0.25) is 0 Å². The molecule has 1 aromatic rings. The molecule has 2 amide bonds. The maximum absolute atomic E-state index is 12.1. The highest BCUT2D eigenvalue weighted by atomic mass is 16.5. The van der Waals surface area contributed by atoms with E-state index in [1.165, 1.54) is 0 Å². The third kappa shape index (κ3) is 2.92. The number of hydrogen-bond donors (Lipinski definition) is 1. The lowest BCUT2D eigenvalue weighted by molar-refractivity contribution is -0.124. The first kappa shape index (κ1) is 14.8. The first-order valence-corrected chi connectivity index (χ1v) is 7.68. The molecule has 3 rings (SSSR count). The van der Waals surface area contributed by atoms with Gasteiger partial charge in [0.25, 0.3) is 11.8 Å². The number of fused-ring (bicyclic) bond motifs is 1. The molecular weight excluding hydrogens is 284 g/mol. The lowest BCUT2D eigenvalue weighted by Gasteiger charge is -2.29. The van der Waals surface area contributed by atoms with E-state index in [4.69, 9.17) is 9.47 Å². The Kier molecular flexibility index (Phi) is 4.29. The highest BCUT2D eigenvalue weighted by Crippen LogP contribution is 2.34. The van der Waals surface area contributed by atoms with Gasteiger partial charge in [0.15, 0.2) is 6.61 Å². The van der Waals surface area contributed by atoms with Crippen LogP contribution in [0.1, 0.15) is 26.2 Å². The van der Waals surface area contributed by atoms with Crippen LogP contribution in [0.3, 0.4) is 0 Å². The number of carbonyl (C=O) groups excluding carboxylic acids is 2. The largest absolute Gasteiger partial charge is 0.481 e. The van der Waals surface area contributed by atoms with Gasteiger partial charge in [-0.3, -0.25) is 9.59 Å². The van der Waals surface area contributed by atoms with Gasteiger partial charge in [-0.1, -0.05) is 6.92 Å². The zero-order valence-corrected chi connectivity index (χ0v) is 12.6. The Hall–Kier alpha value is -2.08. The van der Waals surface area contributed by atoms with Crippen LogP contribution >= 0.6 is 0 Å². The normalized spacial score (nSPS) is 20.5. The minimum atomic E-state index is -0.366. The predicted octanol–water partition coefficient (Wildman–Crippen LogP) is 1.94. The molecule has 2 aliphatic heterocycles. The highest BCUT2D eigenvalue weighted by Gasteiger charge is 2.26. The van der Waals surface area contributed by atoms with Crippen molar-refractivity contribution in [3.8, 4) is 5.75 Å². The molecule has 1 N–H and O–H groups in total. The minimum Gasteiger partial charge on any atom is -0.481 e. The average Bonchev–Trinajstić information content (AvgIpc) is 3.05. The molecule has 6 nitrogen and oxygen atoms in total. The smallest absolute Gasteiger partial charge is 0.265 e. The van der Waals surface area contributed by atoms with Gasteiger partial charge in [-0.2, -0.15) is 0 Å². The number of carbonyl (C=O) groups is 2. The number of rotatable bonds is 4. The molecule has 2 aliphatic rings. The van der Waals surface area contributed by atoms with E-state index >= 15 is 0 Å². The summed E-state index contributed by atoms with van der Waals surface area (Å²) in [5, 5.41) is 2.84. The van der Waals surface area contributed by atoms with Crippen LogP contribution in [0.25, 0.3) is 0 Å². The Morgan fingerprint density at radius 1 is 1.45 bits per heavy atom. The maximum Gasteiger partial charge on any atom is 0.265 e. The van der Waals surface area contributed by atoms with Gasteiger partial charge >= 0.3 is 0 Å². The van der Waals surface area contributed by atoms with Crippen molar-refractivity contribution >= 4 is 23.2 Å². The lowest BCUT2D eigenvalue weighted by atomic mass is 10.2. The van der Waals surface area contributed by atoms with Crippen LogP contribution in [0, 0.1) is 0 Å². The van der Waals surface area contributed by atoms with Crippen LogP contribution in [-0.4, -0.2) is 37.7 Å². The first-order chi connectivity index (χ1) is 10.7. The van der Waals surface area contributed by atoms with Gasteiger partial charge in [0.1, 0.15) is 11.9 Å². The summed E-state index contributed by atoms with van der Waals surface area (Å²) >= 11 is 0. The molecule has 0 radical (unpaired) electrons. The summed E-state index contributed by atoms with van der Waals surface area (Å²) in [5.41, 5.74) is 1.42. The predicted molar refractivity (Wildman–Crippen MR) is 82.2 cm³/mol. The Labute approximate surface area is 129 Å². The van der Waals surface area contributed by atoms with E-state index in [2.05, 4.69) is 5.32 Å². The molecule has 6 heteroatoms. The van der Waals surface area contributed by atoms with Crippen molar-refractivity contribution < 1.29 is 19.1 Å². The molecule has 0 aliphatic carbocycles. The molecule has 118 valence electrons. The van der Waals surface area contributed by atoms with Gasteiger partial charge in [0, 0.05) is 24.9 Å². The van der Waals surface area contributed by atoms with Crippen LogP contribution in [-0.2, 0) is 14.3 Å². The quantitative estimate of drug-likeness (QED) is 0.923. The standard InChI is InChI=1S/C16H20N2O4/c1-2-7-18-12-6-5-11(9-14(12)22-10-15(18)19)17-16(20)13-4-3-8-21-13/h5-6,9,13H,2-4,7-8,10H2,1H3,(H,17,20). The number of anilines is 2. The average molecular weight is 304 g/mol. The van der Waals surface area contributed by atoms with Crippen LogP contribution in [0.15, 0.2) is 18.2 Å². The third-order valence-electron chi connectivity index (χ3n) is 3.84. The van der Waals surface area contributed by atoms with E-state index in [0.717, 1.165) is 24.9 Å². The summed E-state index contributed by atoms with van der Waals surface area (Å²) < 4.78 is 10.9. The Bertz CT molecular complexity index is 582. The van der Waals surface area contributed by atoms with E-state index in [9.17, 15) is 9.59 Å². The summed E-state index contributed by atoms with van der Waals surface area (Å²) in [7, 11) is 0. The summed E-state index contributed by atoms with van der Waals surface area (Å²) in [6.45, 7) is 3.37. The van der Waals surface area contributed by atoms with Gasteiger partial charge in [-0.05, 0) is 31.4 Å². The summed E-state index contributed by atoms with van der Waals surface area (Å²) in [4.78, 5) is 25.7. The topological polar surface area (TPSA) is 67.9 Å². The van der Waals surface area contributed by atoms with E-state index < -0.39 is 0 Å².